The molecule has 3 aromatic rings. The maximum Gasteiger partial charge on any atom is 0.270 e. The lowest BCUT2D eigenvalue weighted by atomic mass is 10.0. The summed E-state index contributed by atoms with van der Waals surface area (Å²) in [6.45, 7) is 2.77. The molecule has 0 spiro atoms. The molecule has 0 unspecified atom stereocenters. The molecule has 0 aromatic carbocycles. The van der Waals surface area contributed by atoms with Gasteiger partial charge in [0.05, 0.1) is 18.8 Å². The van der Waals surface area contributed by atoms with Gasteiger partial charge in [0.2, 0.25) is 0 Å². The molecule has 1 saturated heterocycles. The fourth-order valence-corrected chi connectivity index (χ4v) is 3.49. The van der Waals surface area contributed by atoms with E-state index in [4.69, 9.17) is 4.74 Å². The minimum absolute atomic E-state index is 0.305. The molecular formula is C21H24N4O3. The van der Waals surface area contributed by atoms with Gasteiger partial charge in [0.25, 0.3) is 5.91 Å². The summed E-state index contributed by atoms with van der Waals surface area (Å²) in [4.78, 5) is 21.7. The van der Waals surface area contributed by atoms with Crippen LogP contribution in [0.2, 0.25) is 0 Å². The Morgan fingerprint density at radius 1 is 1.39 bits per heavy atom. The first-order valence-electron chi connectivity index (χ1n) is 9.44. The van der Waals surface area contributed by atoms with Gasteiger partial charge in [-0.3, -0.25) is 9.78 Å². The number of amides is 1. The second kappa shape index (κ2) is 7.69. The zero-order chi connectivity index (χ0) is 19.7. The topological polar surface area (TPSA) is 89.3 Å². The highest BCUT2D eigenvalue weighted by molar-refractivity contribution is 5.95. The predicted molar refractivity (Wildman–Crippen MR) is 105 cm³/mol. The van der Waals surface area contributed by atoms with Crippen LogP contribution in [0.5, 0.6) is 0 Å². The van der Waals surface area contributed by atoms with Crippen LogP contribution in [0.15, 0.2) is 36.7 Å². The normalized spacial score (nSPS) is 19.7. The second-order valence-corrected chi connectivity index (χ2v) is 7.33. The van der Waals surface area contributed by atoms with Crippen molar-refractivity contribution in [3.63, 3.8) is 0 Å². The molecule has 0 aliphatic carbocycles. The minimum atomic E-state index is -0.602. The van der Waals surface area contributed by atoms with Crippen LogP contribution in [0.25, 0.3) is 11.0 Å². The van der Waals surface area contributed by atoms with E-state index in [9.17, 15) is 9.90 Å². The van der Waals surface area contributed by atoms with E-state index in [-0.39, 0.29) is 5.91 Å². The molecule has 2 atom stereocenters. The predicted octanol–water partition coefficient (Wildman–Crippen LogP) is 1.75. The number of nitrogens with zero attached hydrogens (tertiary/aromatic N) is 3. The quantitative estimate of drug-likeness (QED) is 0.720. The number of ether oxygens (including phenoxy) is 1. The molecule has 28 heavy (non-hydrogen) atoms. The van der Waals surface area contributed by atoms with Gasteiger partial charge < -0.3 is 19.7 Å². The van der Waals surface area contributed by atoms with Crippen molar-refractivity contribution in [3.05, 3.63) is 59.2 Å². The summed E-state index contributed by atoms with van der Waals surface area (Å²) >= 11 is 0. The molecule has 2 N–H and O–H groups in total. The first-order chi connectivity index (χ1) is 13.5. The molecule has 4 rings (SSSR count). The van der Waals surface area contributed by atoms with Crippen LogP contribution in [0.3, 0.4) is 0 Å². The number of carbonyl (C=O) groups excluding carboxylic acids is 1. The fourth-order valence-electron chi connectivity index (χ4n) is 3.49. The van der Waals surface area contributed by atoms with Gasteiger partial charge in [0.1, 0.15) is 11.3 Å². The maximum atomic E-state index is 12.8. The molecular weight excluding hydrogens is 356 g/mol. The Morgan fingerprint density at radius 2 is 2.25 bits per heavy atom. The summed E-state index contributed by atoms with van der Waals surface area (Å²) in [5, 5.41) is 14.0. The number of rotatable bonds is 4. The van der Waals surface area contributed by atoms with Crippen molar-refractivity contribution in [1.82, 2.24) is 19.9 Å². The average molecular weight is 380 g/mol. The number of nitrogens with one attached hydrogen (secondary N) is 1. The van der Waals surface area contributed by atoms with Crippen LogP contribution < -0.4 is 5.32 Å². The summed E-state index contributed by atoms with van der Waals surface area (Å²) in [5.74, 6) is -0.305. The van der Waals surface area contributed by atoms with Crippen LogP contribution in [0, 0.1) is 6.92 Å². The molecule has 1 amide bonds. The number of hydrogen-bond donors (Lipinski definition) is 2. The molecule has 4 heterocycles. The van der Waals surface area contributed by atoms with Gasteiger partial charge in [-0.2, -0.15) is 0 Å². The zero-order valence-corrected chi connectivity index (χ0v) is 16.1. The van der Waals surface area contributed by atoms with Crippen LogP contribution in [-0.2, 0) is 18.2 Å². The third-order valence-corrected chi connectivity index (χ3v) is 5.16. The van der Waals surface area contributed by atoms with E-state index in [2.05, 4.69) is 15.3 Å². The summed E-state index contributed by atoms with van der Waals surface area (Å²) in [5.41, 5.74) is 4.15. The number of hydrogen-bond acceptors (Lipinski definition) is 5. The van der Waals surface area contributed by atoms with Gasteiger partial charge in [-0.1, -0.05) is 6.07 Å². The standard InChI is InChI=1S/C21H24N4O3/c1-13-3-4-14(11-22-13)9-15-10-17(23-20-16(15)5-7-25(20)2)21(27)24-18-12-28-8-6-19(18)26/h3-5,7,10-11,18-19,26H,6,8-9,12H2,1-2H3,(H,24,27)/t18-,19+/m1/s1. The van der Waals surface area contributed by atoms with Crippen LogP contribution in [0.4, 0.5) is 0 Å². The van der Waals surface area contributed by atoms with Crippen LogP contribution in [0.1, 0.15) is 33.7 Å². The van der Waals surface area contributed by atoms with Crippen molar-refractivity contribution < 1.29 is 14.6 Å². The summed E-state index contributed by atoms with van der Waals surface area (Å²) < 4.78 is 7.28. The number of fused-ring (bicyclic) bond motifs is 1. The summed E-state index contributed by atoms with van der Waals surface area (Å²) in [6.07, 6.45) is 4.37. The molecule has 146 valence electrons. The Hall–Kier alpha value is -2.77. The molecule has 1 fully saturated rings. The highest BCUT2D eigenvalue weighted by atomic mass is 16.5. The number of aliphatic hydroxyl groups excluding tert-OH is 1. The number of pyridine rings is 2. The lowest BCUT2D eigenvalue weighted by Crippen LogP contribution is -2.49. The number of aliphatic hydroxyl groups is 1. The Labute approximate surface area is 163 Å². The largest absolute Gasteiger partial charge is 0.391 e. The Bertz CT molecular complexity index is 997. The summed E-state index contributed by atoms with van der Waals surface area (Å²) in [6, 6.07) is 7.45. The first kappa shape index (κ1) is 18.6. The molecule has 3 aromatic heterocycles. The third kappa shape index (κ3) is 3.76. The number of aromatic nitrogens is 3. The molecule has 0 saturated carbocycles. The van der Waals surface area contributed by atoms with E-state index >= 15 is 0 Å². The van der Waals surface area contributed by atoms with Crippen molar-refractivity contribution in [2.75, 3.05) is 13.2 Å². The second-order valence-electron chi connectivity index (χ2n) is 7.33. The van der Waals surface area contributed by atoms with Gasteiger partial charge in [0.15, 0.2) is 0 Å². The van der Waals surface area contributed by atoms with Gasteiger partial charge >= 0.3 is 0 Å². The number of aryl methyl sites for hydroxylation is 2. The molecule has 7 nitrogen and oxygen atoms in total. The minimum Gasteiger partial charge on any atom is -0.391 e. The van der Waals surface area contributed by atoms with Crippen molar-refractivity contribution in [2.45, 2.75) is 31.9 Å². The van der Waals surface area contributed by atoms with Crippen molar-refractivity contribution in [1.29, 1.82) is 0 Å². The van der Waals surface area contributed by atoms with Crippen molar-refractivity contribution in [3.8, 4) is 0 Å². The van der Waals surface area contributed by atoms with Crippen molar-refractivity contribution in [2.24, 2.45) is 7.05 Å². The lowest BCUT2D eigenvalue weighted by Gasteiger charge is -2.28. The Kier molecular flexibility index (Phi) is 5.11. The SMILES string of the molecule is Cc1ccc(Cc2cc(C(=O)N[C@@H]3COCC[C@@H]3O)nc3c2ccn3C)cn1. The maximum absolute atomic E-state index is 12.8. The molecule has 1 aliphatic heterocycles. The highest BCUT2D eigenvalue weighted by Gasteiger charge is 2.26. The van der Waals surface area contributed by atoms with Crippen molar-refractivity contribution >= 4 is 16.9 Å². The zero-order valence-electron chi connectivity index (χ0n) is 16.1. The third-order valence-electron chi connectivity index (χ3n) is 5.16. The van der Waals surface area contributed by atoms with E-state index in [1.807, 2.05) is 55.2 Å². The average Bonchev–Trinajstić information content (AvgIpc) is 3.07. The van der Waals surface area contributed by atoms with E-state index in [0.717, 1.165) is 27.9 Å². The molecule has 7 heteroatoms. The van der Waals surface area contributed by atoms with Gasteiger partial charge in [-0.15, -0.1) is 0 Å². The van der Waals surface area contributed by atoms with E-state index < -0.39 is 12.1 Å². The molecule has 0 bridgehead atoms. The van der Waals surface area contributed by atoms with Crippen LogP contribution >= 0.6 is 0 Å². The molecule has 0 radical (unpaired) electrons. The van der Waals surface area contributed by atoms with E-state index in [1.54, 1.807) is 0 Å². The Morgan fingerprint density at radius 3 is 3.00 bits per heavy atom. The van der Waals surface area contributed by atoms with Crippen LogP contribution in [-0.4, -0.2) is 50.9 Å². The van der Waals surface area contributed by atoms with E-state index in [1.165, 1.54) is 0 Å². The Balaban J connectivity index is 1.65. The molecule has 1 aliphatic rings. The monoisotopic (exact) mass is 380 g/mol. The van der Waals surface area contributed by atoms with E-state index in [0.29, 0.717) is 31.7 Å². The fraction of sp³-hybridized carbons (Fsp3) is 0.381. The number of carbonyl (C=O) groups is 1. The first-order valence-corrected chi connectivity index (χ1v) is 9.44. The lowest BCUT2D eigenvalue weighted by molar-refractivity contribution is -0.0140. The summed E-state index contributed by atoms with van der Waals surface area (Å²) in [7, 11) is 1.91. The van der Waals surface area contributed by atoms with Gasteiger partial charge in [-0.25, -0.2) is 4.98 Å². The highest BCUT2D eigenvalue weighted by Crippen LogP contribution is 2.22. The van der Waals surface area contributed by atoms with Gasteiger partial charge in [0, 0.05) is 37.1 Å². The smallest absolute Gasteiger partial charge is 0.270 e. The van der Waals surface area contributed by atoms with Gasteiger partial charge in [-0.05, 0) is 49.1 Å².